The average Bonchev–Trinajstić information content (AvgIpc) is 3.22. The second kappa shape index (κ2) is 30.6. The summed E-state index contributed by atoms with van der Waals surface area (Å²) in [5.74, 6) is -4.56. The Morgan fingerprint density at radius 1 is 0.568 bits per heavy atom. The first-order chi connectivity index (χ1) is 36.6. The molecule has 0 aromatic heterocycles. The van der Waals surface area contributed by atoms with E-state index in [1.807, 2.05) is 0 Å². The van der Waals surface area contributed by atoms with Crippen molar-refractivity contribution in [3.8, 4) is 5.75 Å². The molecular formula is C57H99N7O16S. The summed E-state index contributed by atoms with van der Waals surface area (Å²) in [4.78, 5) is 105. The third kappa shape index (κ3) is 31.4. The molecule has 0 fully saturated rings. The van der Waals surface area contributed by atoms with Gasteiger partial charge < -0.3 is 44.2 Å². The van der Waals surface area contributed by atoms with E-state index in [1.54, 1.807) is 156 Å². The molecule has 0 aliphatic heterocycles. The minimum absolute atomic E-state index is 0.0159. The smallest absolute Gasteiger partial charge is 0.329 e. The lowest BCUT2D eigenvalue weighted by atomic mass is 10.1. The second-order valence-corrected chi connectivity index (χ2v) is 27.7. The van der Waals surface area contributed by atoms with Crippen LogP contribution in [0.2, 0.25) is 0 Å². The zero-order valence-corrected chi connectivity index (χ0v) is 53.5. The number of nitrogens with zero attached hydrogens (tertiary/aromatic N) is 4. The molecule has 81 heavy (non-hydrogen) atoms. The summed E-state index contributed by atoms with van der Waals surface area (Å²) in [5.41, 5.74) is 2.20. The fraction of sp³-hybridized carbons (Fsp3) is 0.754. The number of nitrogens with one attached hydrogen (secondary N) is 2. The number of carbonyl (C=O) groups is 7. The highest BCUT2D eigenvalue weighted by Crippen LogP contribution is 2.30. The van der Waals surface area contributed by atoms with Gasteiger partial charge in [-0.2, -0.15) is 0 Å². The highest BCUT2D eigenvalue weighted by Gasteiger charge is 2.35. The van der Waals surface area contributed by atoms with Crippen molar-refractivity contribution in [1.29, 1.82) is 0 Å². The number of methoxy groups -OCH3 is 1. The molecule has 4 N–H and O–H groups in total. The van der Waals surface area contributed by atoms with Gasteiger partial charge in [0.1, 0.15) is 51.4 Å². The van der Waals surface area contributed by atoms with Crippen LogP contribution in [-0.4, -0.2) is 183 Å². The first kappa shape index (κ1) is 73.4. The van der Waals surface area contributed by atoms with Crippen molar-refractivity contribution in [2.75, 3.05) is 66.0 Å². The number of hydrogen-bond acceptors (Lipinski definition) is 20. The average molecular weight is 1170 g/mol. The highest BCUT2D eigenvalue weighted by molar-refractivity contribution is 7.90. The minimum atomic E-state index is -4.18. The van der Waals surface area contributed by atoms with Crippen LogP contribution in [0.4, 0.5) is 0 Å². The first-order valence-corrected chi connectivity index (χ1v) is 28.9. The van der Waals surface area contributed by atoms with Crippen molar-refractivity contribution in [1.82, 2.24) is 24.7 Å². The number of ether oxygens (including phenoxy) is 7. The van der Waals surface area contributed by atoms with Gasteiger partial charge in [0.15, 0.2) is 0 Å². The normalized spacial score (nSPS) is 13.8. The van der Waals surface area contributed by atoms with E-state index < -0.39 is 103 Å². The lowest BCUT2D eigenvalue weighted by molar-refractivity contribution is -0.165. The molecule has 0 radical (unpaired) electrons. The third-order valence-corrected chi connectivity index (χ3v) is 12.6. The molecule has 24 heteroatoms. The summed E-state index contributed by atoms with van der Waals surface area (Å²) in [6.07, 6.45) is -0.439. The molecule has 0 saturated heterocycles. The van der Waals surface area contributed by atoms with E-state index in [-0.39, 0.29) is 89.5 Å². The Balaban J connectivity index is 3.81. The maximum Gasteiger partial charge on any atom is 0.329 e. The van der Waals surface area contributed by atoms with Crippen LogP contribution in [0.25, 0.3) is 0 Å². The van der Waals surface area contributed by atoms with Crippen molar-refractivity contribution < 1.29 is 75.1 Å². The van der Waals surface area contributed by atoms with Gasteiger partial charge in [0.25, 0.3) is 10.0 Å². The fourth-order valence-corrected chi connectivity index (χ4v) is 9.44. The number of aliphatic imine (C=N–C) groups is 1. The first-order valence-electron chi connectivity index (χ1n) is 27.4. The van der Waals surface area contributed by atoms with Crippen molar-refractivity contribution in [2.45, 2.75) is 222 Å². The van der Waals surface area contributed by atoms with Crippen LogP contribution in [0, 0.1) is 20.8 Å². The summed E-state index contributed by atoms with van der Waals surface area (Å²) >= 11 is 0. The Kier molecular flexibility index (Phi) is 27.8. The number of sulfonamides is 1. The van der Waals surface area contributed by atoms with Crippen LogP contribution in [0.15, 0.2) is 16.0 Å². The fourth-order valence-electron chi connectivity index (χ4n) is 7.95. The number of guanidine groups is 1. The van der Waals surface area contributed by atoms with Gasteiger partial charge in [-0.3, -0.25) is 48.5 Å². The molecular weight excluding hydrogens is 1070 g/mol. The van der Waals surface area contributed by atoms with E-state index in [2.05, 4.69) is 15.0 Å². The number of carbonyl (C=O) groups excluding carboxylic acids is 7. The molecule has 1 amide bonds. The maximum absolute atomic E-state index is 14.5. The summed E-state index contributed by atoms with van der Waals surface area (Å²) < 4.78 is 68.8. The Bertz CT molecular complexity index is 2330. The lowest BCUT2D eigenvalue weighted by Gasteiger charge is -2.35. The van der Waals surface area contributed by atoms with E-state index in [0.29, 0.717) is 22.4 Å². The molecule has 0 bridgehead atoms. The zero-order chi connectivity index (χ0) is 62.9. The van der Waals surface area contributed by atoms with Crippen molar-refractivity contribution in [3.05, 3.63) is 22.8 Å². The minimum Gasteiger partial charge on any atom is -0.496 e. The van der Waals surface area contributed by atoms with Crippen LogP contribution in [0.1, 0.15) is 167 Å². The van der Waals surface area contributed by atoms with Gasteiger partial charge in [-0.05, 0) is 187 Å². The molecule has 1 rings (SSSR count). The SMILES string of the molecule is COc1cc(C)c(S(=O)(=O)NC(N)=NCCCC(NC(=O)CCC(C(=O)OC(C)(C)C)N(CCN(CC(=O)OC(C)(C)C)CC(=O)OC(C)(C)C)CCN(CC(=O)OC(C)(C)C)CC(=O)OC(C)(C)C)C(=O)OC(C)(C)C)c(C)c1C. The Labute approximate surface area is 482 Å². The van der Waals surface area contributed by atoms with Crippen LogP contribution < -0.4 is 20.5 Å². The van der Waals surface area contributed by atoms with Crippen LogP contribution in [-0.2, 0) is 72.0 Å². The molecule has 0 aliphatic rings. The zero-order valence-electron chi connectivity index (χ0n) is 52.7. The number of nitrogens with two attached hydrogens (primary N) is 1. The quantitative estimate of drug-likeness (QED) is 0.0303. The maximum atomic E-state index is 14.5. The Hall–Kier alpha value is -5.59. The van der Waals surface area contributed by atoms with Crippen LogP contribution >= 0.6 is 0 Å². The van der Waals surface area contributed by atoms with E-state index in [0.717, 1.165) is 0 Å². The number of esters is 6. The molecule has 2 unspecified atom stereocenters. The van der Waals surface area contributed by atoms with Gasteiger partial charge in [-0.1, -0.05) is 0 Å². The standard InChI is InChI=1S/C57H99N7O16S/c1-37-32-42(74-22)38(2)39(3)48(37)81(72,73)61-51(58)59-27-23-24-40(49(70)79-56(16,17)18)60-43(65)26-25-41(50(71)80-57(19,20)21)64(30-28-62(33-44(66)75-52(4,5)6)34-45(67)76-53(7,8)9)31-29-63(35-46(68)77-54(10,11)12)36-47(69)78-55(13,14)15/h32,40-41H,23-31,33-36H2,1-22H3,(H,60,65)(H3,58,59,61). The third-order valence-electron chi connectivity index (χ3n) is 10.9. The van der Waals surface area contributed by atoms with E-state index in [4.69, 9.17) is 38.9 Å². The Morgan fingerprint density at radius 3 is 1.32 bits per heavy atom. The molecule has 0 saturated carbocycles. The summed E-state index contributed by atoms with van der Waals surface area (Å²) in [6.45, 7) is 33.9. The molecule has 1 aromatic carbocycles. The van der Waals surface area contributed by atoms with Gasteiger partial charge in [0, 0.05) is 39.1 Å². The number of rotatable bonds is 28. The summed E-state index contributed by atoms with van der Waals surface area (Å²) in [5, 5.41) is 2.75. The molecule has 0 spiro atoms. The van der Waals surface area contributed by atoms with Gasteiger partial charge >= 0.3 is 35.8 Å². The van der Waals surface area contributed by atoms with Crippen LogP contribution in [0.5, 0.6) is 5.75 Å². The highest BCUT2D eigenvalue weighted by atomic mass is 32.2. The molecule has 0 heterocycles. The summed E-state index contributed by atoms with van der Waals surface area (Å²) in [6, 6.07) is -0.831. The monoisotopic (exact) mass is 1170 g/mol. The van der Waals surface area contributed by atoms with E-state index in [1.165, 1.54) is 16.9 Å². The largest absolute Gasteiger partial charge is 0.496 e. The van der Waals surface area contributed by atoms with Gasteiger partial charge in [-0.25, -0.2) is 17.9 Å². The molecule has 464 valence electrons. The van der Waals surface area contributed by atoms with Gasteiger partial charge in [-0.15, -0.1) is 0 Å². The molecule has 2 atom stereocenters. The molecule has 23 nitrogen and oxygen atoms in total. The lowest BCUT2D eigenvalue weighted by Crippen LogP contribution is -2.52. The predicted octanol–water partition coefficient (Wildman–Crippen LogP) is 5.58. The van der Waals surface area contributed by atoms with Crippen molar-refractivity contribution in [2.24, 2.45) is 10.7 Å². The van der Waals surface area contributed by atoms with E-state index >= 15 is 0 Å². The number of benzene rings is 1. The number of aryl methyl sites for hydroxylation is 1. The number of amides is 1. The predicted molar refractivity (Wildman–Crippen MR) is 308 cm³/mol. The van der Waals surface area contributed by atoms with E-state index in [9.17, 15) is 42.0 Å². The van der Waals surface area contributed by atoms with Gasteiger partial charge in [0.05, 0.1) is 38.2 Å². The number of hydrogen-bond donors (Lipinski definition) is 3. The van der Waals surface area contributed by atoms with Crippen LogP contribution in [0.3, 0.4) is 0 Å². The summed E-state index contributed by atoms with van der Waals surface area (Å²) in [7, 11) is -2.68. The molecule has 0 aliphatic carbocycles. The van der Waals surface area contributed by atoms with Crippen molar-refractivity contribution in [3.63, 3.8) is 0 Å². The Morgan fingerprint density at radius 2 is 0.951 bits per heavy atom. The van der Waals surface area contributed by atoms with Crippen molar-refractivity contribution >= 4 is 57.7 Å². The topological polar surface area (TPSA) is 290 Å². The second-order valence-electron chi connectivity index (χ2n) is 26.0. The van der Waals surface area contributed by atoms with Gasteiger partial charge in [0.2, 0.25) is 11.9 Å². The molecule has 1 aromatic rings.